The van der Waals surface area contributed by atoms with E-state index in [1.807, 2.05) is 11.3 Å². The predicted molar refractivity (Wildman–Crippen MR) is 278 cm³/mol. The first kappa shape index (κ1) is 37.7. The van der Waals surface area contributed by atoms with Gasteiger partial charge >= 0.3 is 0 Å². The van der Waals surface area contributed by atoms with Crippen molar-refractivity contribution in [2.24, 2.45) is 0 Å². The smallest absolute Gasteiger partial charge is 0.260 e. The lowest BCUT2D eigenvalue weighted by molar-refractivity contribution is 0.727. The van der Waals surface area contributed by atoms with Gasteiger partial charge in [0, 0.05) is 61.1 Å². The molecular formula is C60H42BN3S. The average molecular weight is 848 g/mol. The zero-order chi connectivity index (χ0) is 42.8. The number of anilines is 7. The second kappa shape index (κ2) is 15.4. The minimum absolute atomic E-state index is 0.0625. The van der Waals surface area contributed by atoms with E-state index in [9.17, 15) is 0 Å². The zero-order valence-corrected chi connectivity index (χ0v) is 36.4. The Balaban J connectivity index is 1.05. The van der Waals surface area contributed by atoms with Crippen LogP contribution in [0, 0.1) is 0 Å². The van der Waals surface area contributed by atoms with Gasteiger partial charge in [-0.2, -0.15) is 0 Å². The lowest BCUT2D eigenvalue weighted by atomic mass is 9.34. The van der Waals surface area contributed by atoms with E-state index in [0.29, 0.717) is 0 Å². The highest BCUT2D eigenvalue weighted by atomic mass is 32.1. The Hall–Kier alpha value is -7.86. The van der Waals surface area contributed by atoms with Crippen molar-refractivity contribution in [1.82, 2.24) is 0 Å². The molecule has 0 saturated heterocycles. The van der Waals surface area contributed by atoms with Crippen LogP contribution in [-0.2, 0) is 0 Å². The standard InChI is InChI=1S/C60H42BN3S/c1-5-18-41(19-6-1)45-36-46(42-20-7-2-8-21-42)39-51(38-45)64-55-30-17-29-54-58(55)61(60-59(64)52-28-15-16-31-57(52)65-60)53-35-34-50(40-56(53)63(54)48-26-11-4-12-27-48)62(47-24-9-3-10-25-47)49-33-32-43-22-13-14-23-44(43)37-49/h1-39,56H,40H2. The lowest BCUT2D eigenvalue weighted by Gasteiger charge is -2.49. The van der Waals surface area contributed by atoms with Gasteiger partial charge in [-0.25, -0.2) is 0 Å². The van der Waals surface area contributed by atoms with Crippen molar-refractivity contribution in [3.63, 3.8) is 0 Å². The van der Waals surface area contributed by atoms with Crippen LogP contribution in [-0.4, -0.2) is 12.8 Å². The summed E-state index contributed by atoms with van der Waals surface area (Å²) in [5, 5.41) is 3.77. The number of nitrogens with zero attached hydrogens (tertiary/aromatic N) is 3. The molecule has 65 heavy (non-hydrogen) atoms. The van der Waals surface area contributed by atoms with E-state index in [0.717, 1.165) is 23.5 Å². The number of hydrogen-bond acceptors (Lipinski definition) is 4. The van der Waals surface area contributed by atoms with Crippen LogP contribution in [0.2, 0.25) is 0 Å². The number of benzene rings is 9. The van der Waals surface area contributed by atoms with E-state index < -0.39 is 0 Å². The van der Waals surface area contributed by atoms with Gasteiger partial charge in [0.05, 0.1) is 11.7 Å². The second-order valence-electron chi connectivity index (χ2n) is 17.2. The molecule has 1 unspecified atom stereocenters. The summed E-state index contributed by atoms with van der Waals surface area (Å²) in [5.41, 5.74) is 17.3. The summed E-state index contributed by atoms with van der Waals surface area (Å²) in [6.45, 7) is 0.0735. The lowest BCUT2D eigenvalue weighted by Crippen LogP contribution is -2.60. The first-order valence-corrected chi connectivity index (χ1v) is 23.4. The van der Waals surface area contributed by atoms with Gasteiger partial charge in [0.2, 0.25) is 0 Å². The molecular weight excluding hydrogens is 806 g/mol. The largest absolute Gasteiger partial charge is 0.335 e. The van der Waals surface area contributed by atoms with Crippen molar-refractivity contribution in [2.45, 2.75) is 12.5 Å². The number of para-hydroxylation sites is 2. The number of hydrogen-bond donors (Lipinski definition) is 0. The molecule has 0 radical (unpaired) electrons. The van der Waals surface area contributed by atoms with Crippen molar-refractivity contribution < 1.29 is 0 Å². The molecule has 0 amide bonds. The number of allylic oxidation sites excluding steroid dienone is 2. The van der Waals surface area contributed by atoms with Gasteiger partial charge < -0.3 is 14.7 Å². The summed E-state index contributed by atoms with van der Waals surface area (Å²) in [6, 6.07) is 82.4. The third-order valence-electron chi connectivity index (χ3n) is 13.5. The van der Waals surface area contributed by atoms with Crippen molar-refractivity contribution >= 4 is 89.0 Å². The monoisotopic (exact) mass is 847 g/mol. The molecule has 0 spiro atoms. The Bertz CT molecular complexity index is 3430. The van der Waals surface area contributed by atoms with E-state index in [1.54, 1.807) is 0 Å². The summed E-state index contributed by atoms with van der Waals surface area (Å²) < 4.78 is 2.70. The summed E-state index contributed by atoms with van der Waals surface area (Å²) in [4.78, 5) is 7.71. The minimum atomic E-state index is 0.0625. The molecule has 3 nitrogen and oxygen atoms in total. The Kier molecular flexibility index (Phi) is 8.95. The topological polar surface area (TPSA) is 9.72 Å². The van der Waals surface area contributed by atoms with Crippen LogP contribution < -0.4 is 24.9 Å². The molecule has 306 valence electrons. The zero-order valence-electron chi connectivity index (χ0n) is 35.6. The maximum absolute atomic E-state index is 2.64. The van der Waals surface area contributed by atoms with Crippen molar-refractivity contribution in [3.8, 4) is 22.3 Å². The highest BCUT2D eigenvalue weighted by Crippen LogP contribution is 2.51. The van der Waals surface area contributed by atoms with Gasteiger partial charge in [-0.3, -0.25) is 0 Å². The molecule has 3 aliphatic rings. The van der Waals surface area contributed by atoms with Gasteiger partial charge in [0.1, 0.15) is 0 Å². The molecule has 3 heterocycles. The molecule has 1 aliphatic carbocycles. The fourth-order valence-electron chi connectivity index (χ4n) is 10.7. The molecule has 0 bridgehead atoms. The van der Waals surface area contributed by atoms with Gasteiger partial charge in [-0.05, 0) is 117 Å². The molecule has 1 aromatic heterocycles. The van der Waals surface area contributed by atoms with Crippen LogP contribution in [0.5, 0.6) is 0 Å². The highest BCUT2D eigenvalue weighted by molar-refractivity contribution is 7.32. The molecule has 5 heteroatoms. The Morgan fingerprint density at radius 3 is 1.85 bits per heavy atom. The van der Waals surface area contributed by atoms with Gasteiger partial charge in [-0.1, -0.05) is 163 Å². The number of fused-ring (bicyclic) bond motifs is 7. The fourth-order valence-corrected chi connectivity index (χ4v) is 12.1. The molecule has 1 atom stereocenters. The molecule has 0 fully saturated rings. The number of rotatable bonds is 7. The molecule has 10 aromatic rings. The van der Waals surface area contributed by atoms with E-state index in [1.165, 1.54) is 87.3 Å². The van der Waals surface area contributed by atoms with Crippen molar-refractivity contribution in [3.05, 3.63) is 248 Å². The summed E-state index contributed by atoms with van der Waals surface area (Å²) in [7, 11) is 0. The Morgan fingerprint density at radius 1 is 0.477 bits per heavy atom. The quantitative estimate of drug-likeness (QED) is 0.148. The van der Waals surface area contributed by atoms with E-state index in [4.69, 9.17) is 0 Å². The molecule has 13 rings (SSSR count). The summed E-state index contributed by atoms with van der Waals surface area (Å²) in [6.07, 6.45) is 5.72. The van der Waals surface area contributed by atoms with Crippen LogP contribution in [0.25, 0.3) is 43.1 Å². The van der Waals surface area contributed by atoms with Crippen molar-refractivity contribution in [2.75, 3.05) is 14.7 Å². The summed E-state index contributed by atoms with van der Waals surface area (Å²) in [5.74, 6) is 0. The third-order valence-corrected chi connectivity index (χ3v) is 14.8. The van der Waals surface area contributed by atoms with E-state index in [-0.39, 0.29) is 12.8 Å². The van der Waals surface area contributed by atoms with Gasteiger partial charge in [0.25, 0.3) is 6.71 Å². The van der Waals surface area contributed by atoms with Crippen LogP contribution in [0.3, 0.4) is 0 Å². The first-order chi connectivity index (χ1) is 32.2. The summed E-state index contributed by atoms with van der Waals surface area (Å²) >= 11 is 1.96. The third kappa shape index (κ3) is 6.26. The van der Waals surface area contributed by atoms with Crippen molar-refractivity contribution in [1.29, 1.82) is 0 Å². The first-order valence-electron chi connectivity index (χ1n) is 22.5. The molecule has 2 aliphatic heterocycles. The SMILES string of the molecule is C1=C2B3c4sc5ccccc5c4N(c4cc(-c5ccccc5)cc(-c5ccccc5)c4)c4cccc(c43)N(c3ccccc3)C2CC(N(c2ccccc2)c2ccc3ccccc3c2)=C1. The van der Waals surface area contributed by atoms with Crippen LogP contribution in [0.4, 0.5) is 39.8 Å². The van der Waals surface area contributed by atoms with Gasteiger partial charge in [-0.15, -0.1) is 11.3 Å². The van der Waals surface area contributed by atoms with Gasteiger partial charge in [0.15, 0.2) is 0 Å². The number of thiophene rings is 1. The van der Waals surface area contributed by atoms with E-state index in [2.05, 4.69) is 251 Å². The minimum Gasteiger partial charge on any atom is -0.335 e. The fraction of sp³-hybridized carbons (Fsp3) is 0.0333. The predicted octanol–water partition coefficient (Wildman–Crippen LogP) is 14.9. The second-order valence-corrected chi connectivity index (χ2v) is 18.3. The Labute approximate surface area is 384 Å². The maximum atomic E-state index is 2.64. The molecule has 0 N–H and O–H groups in total. The normalized spacial score (nSPS) is 15.0. The van der Waals surface area contributed by atoms with Crippen LogP contribution in [0.1, 0.15) is 6.42 Å². The highest BCUT2D eigenvalue weighted by Gasteiger charge is 2.49. The van der Waals surface area contributed by atoms with Crippen LogP contribution >= 0.6 is 11.3 Å². The average Bonchev–Trinajstić information content (AvgIpc) is 3.76. The molecule has 9 aromatic carbocycles. The van der Waals surface area contributed by atoms with Crippen LogP contribution in [0.15, 0.2) is 248 Å². The molecule has 0 saturated carbocycles. The van der Waals surface area contributed by atoms with E-state index >= 15 is 0 Å². The maximum Gasteiger partial charge on any atom is 0.260 e. The Morgan fingerprint density at radius 2 is 1.11 bits per heavy atom.